The molecule has 0 spiro atoms. The zero-order chi connectivity index (χ0) is 24.7. The van der Waals surface area contributed by atoms with Gasteiger partial charge in [-0.2, -0.15) is 0 Å². The molecule has 1 N–H and O–H groups in total. The number of hydrogen-bond acceptors (Lipinski definition) is 3. The molecule has 3 aromatic rings. The standard InChI is InChI=1S/C31H34ClN3O/c32-28-13-9-26(10-14-28)27-11-15-29(16-12-27)33-31(36)17-8-24-4-6-25(7-5-24)22-34-21-18-30(23-34)35-19-2-1-3-20-35/h4-17,30H,1-3,18-23H2,(H,33,36)/b17-8+. The molecule has 2 aliphatic rings. The van der Waals surface area contributed by atoms with Gasteiger partial charge in [0.2, 0.25) is 5.91 Å². The molecule has 0 saturated carbocycles. The molecule has 36 heavy (non-hydrogen) atoms. The fraction of sp³-hybridized carbons (Fsp3) is 0.323. The van der Waals surface area contributed by atoms with E-state index in [1.165, 1.54) is 57.4 Å². The van der Waals surface area contributed by atoms with Gasteiger partial charge >= 0.3 is 0 Å². The number of carbonyl (C=O) groups is 1. The van der Waals surface area contributed by atoms with E-state index in [-0.39, 0.29) is 5.91 Å². The van der Waals surface area contributed by atoms with Crippen LogP contribution < -0.4 is 5.32 Å². The molecule has 186 valence electrons. The van der Waals surface area contributed by atoms with E-state index < -0.39 is 0 Å². The number of hydrogen-bond donors (Lipinski definition) is 1. The van der Waals surface area contributed by atoms with Crippen molar-refractivity contribution in [2.24, 2.45) is 0 Å². The Bertz CT molecular complexity index is 1170. The van der Waals surface area contributed by atoms with Crippen LogP contribution in [0.15, 0.2) is 78.9 Å². The molecule has 2 aliphatic heterocycles. The van der Waals surface area contributed by atoms with Crippen LogP contribution in [-0.2, 0) is 11.3 Å². The molecule has 0 radical (unpaired) electrons. The molecule has 1 atom stereocenters. The van der Waals surface area contributed by atoms with Crippen molar-refractivity contribution in [1.29, 1.82) is 0 Å². The number of carbonyl (C=O) groups excluding carboxylic acids is 1. The predicted molar refractivity (Wildman–Crippen MR) is 150 cm³/mol. The summed E-state index contributed by atoms with van der Waals surface area (Å²) in [5.74, 6) is -0.140. The van der Waals surface area contributed by atoms with Gasteiger partial charge in [-0.15, -0.1) is 0 Å². The summed E-state index contributed by atoms with van der Waals surface area (Å²) >= 11 is 5.97. The molecule has 4 nitrogen and oxygen atoms in total. The van der Waals surface area contributed by atoms with Gasteiger partial charge < -0.3 is 5.32 Å². The Morgan fingerprint density at radius 1 is 0.861 bits per heavy atom. The lowest BCUT2D eigenvalue weighted by atomic mass is 10.1. The summed E-state index contributed by atoms with van der Waals surface area (Å²) in [5, 5.41) is 3.65. The van der Waals surface area contributed by atoms with Crippen LogP contribution in [0, 0.1) is 0 Å². The Morgan fingerprint density at radius 3 is 2.22 bits per heavy atom. The smallest absolute Gasteiger partial charge is 0.248 e. The Hall–Kier alpha value is -2.92. The Balaban J connectivity index is 1.09. The highest BCUT2D eigenvalue weighted by molar-refractivity contribution is 6.30. The topological polar surface area (TPSA) is 35.6 Å². The number of piperidine rings is 1. The molecule has 0 bridgehead atoms. The molecule has 5 heteroatoms. The van der Waals surface area contributed by atoms with Crippen molar-refractivity contribution in [1.82, 2.24) is 9.80 Å². The van der Waals surface area contributed by atoms with Crippen LogP contribution in [0.5, 0.6) is 0 Å². The summed E-state index contributed by atoms with van der Waals surface area (Å²) in [6.45, 7) is 5.93. The Labute approximate surface area is 219 Å². The minimum atomic E-state index is -0.140. The molecule has 1 amide bonds. The van der Waals surface area contributed by atoms with Gasteiger partial charge in [0.1, 0.15) is 0 Å². The first kappa shape index (κ1) is 24.8. The second kappa shape index (κ2) is 11.9. The van der Waals surface area contributed by atoms with Crippen molar-refractivity contribution in [3.63, 3.8) is 0 Å². The second-order valence-electron chi connectivity index (χ2n) is 9.92. The number of benzene rings is 3. The van der Waals surface area contributed by atoms with Gasteiger partial charge in [-0.05, 0) is 84.9 Å². The normalized spacial score (nSPS) is 19.1. The lowest BCUT2D eigenvalue weighted by Gasteiger charge is -2.32. The highest BCUT2D eigenvalue weighted by atomic mass is 35.5. The van der Waals surface area contributed by atoms with Gasteiger partial charge in [0.05, 0.1) is 0 Å². The Morgan fingerprint density at radius 2 is 1.53 bits per heavy atom. The van der Waals surface area contributed by atoms with Crippen LogP contribution in [0.2, 0.25) is 5.02 Å². The first-order chi connectivity index (χ1) is 17.6. The summed E-state index contributed by atoms with van der Waals surface area (Å²) in [4.78, 5) is 17.7. The molecule has 1 unspecified atom stereocenters. The largest absolute Gasteiger partial charge is 0.323 e. The van der Waals surface area contributed by atoms with Gasteiger partial charge in [-0.25, -0.2) is 0 Å². The number of nitrogens with zero attached hydrogens (tertiary/aromatic N) is 2. The van der Waals surface area contributed by atoms with E-state index in [1.807, 2.05) is 54.6 Å². The third-order valence-corrected chi connectivity index (χ3v) is 7.55. The van der Waals surface area contributed by atoms with Crippen LogP contribution in [0.3, 0.4) is 0 Å². The molecule has 2 saturated heterocycles. The minimum Gasteiger partial charge on any atom is -0.323 e. The van der Waals surface area contributed by atoms with Gasteiger partial charge in [-0.3, -0.25) is 14.6 Å². The minimum absolute atomic E-state index is 0.140. The van der Waals surface area contributed by atoms with E-state index in [0.717, 1.165) is 40.0 Å². The maximum atomic E-state index is 12.4. The molecular formula is C31H34ClN3O. The molecular weight excluding hydrogens is 466 g/mol. The lowest BCUT2D eigenvalue weighted by molar-refractivity contribution is -0.111. The molecule has 0 aromatic heterocycles. The second-order valence-corrected chi connectivity index (χ2v) is 10.4. The number of amides is 1. The van der Waals surface area contributed by atoms with Crippen molar-refractivity contribution < 1.29 is 4.79 Å². The summed E-state index contributed by atoms with van der Waals surface area (Å²) in [7, 11) is 0. The number of rotatable bonds is 7. The van der Waals surface area contributed by atoms with Crippen LogP contribution >= 0.6 is 11.6 Å². The van der Waals surface area contributed by atoms with Crippen molar-refractivity contribution in [2.75, 3.05) is 31.5 Å². The highest BCUT2D eigenvalue weighted by Crippen LogP contribution is 2.24. The summed E-state index contributed by atoms with van der Waals surface area (Å²) in [6.07, 6.45) is 8.86. The summed E-state index contributed by atoms with van der Waals surface area (Å²) in [6, 6.07) is 24.8. The van der Waals surface area contributed by atoms with E-state index in [1.54, 1.807) is 6.08 Å². The van der Waals surface area contributed by atoms with Crippen molar-refractivity contribution in [2.45, 2.75) is 38.3 Å². The third-order valence-electron chi connectivity index (χ3n) is 7.30. The van der Waals surface area contributed by atoms with Crippen LogP contribution in [0.1, 0.15) is 36.8 Å². The lowest BCUT2D eigenvalue weighted by Crippen LogP contribution is -2.40. The maximum absolute atomic E-state index is 12.4. The summed E-state index contributed by atoms with van der Waals surface area (Å²) < 4.78 is 0. The highest BCUT2D eigenvalue weighted by Gasteiger charge is 2.28. The Kier molecular flexibility index (Phi) is 8.17. The van der Waals surface area contributed by atoms with E-state index in [2.05, 4.69) is 39.4 Å². The van der Waals surface area contributed by atoms with Crippen molar-refractivity contribution in [3.05, 3.63) is 95.0 Å². The average molecular weight is 500 g/mol. The van der Waals surface area contributed by atoms with E-state index >= 15 is 0 Å². The van der Waals surface area contributed by atoms with E-state index in [9.17, 15) is 4.79 Å². The maximum Gasteiger partial charge on any atom is 0.248 e. The molecule has 2 fully saturated rings. The van der Waals surface area contributed by atoms with E-state index in [4.69, 9.17) is 11.6 Å². The molecule has 2 heterocycles. The quantitative estimate of drug-likeness (QED) is 0.366. The molecule has 5 rings (SSSR count). The fourth-order valence-electron chi connectivity index (χ4n) is 5.27. The number of likely N-dealkylation sites (tertiary alicyclic amines) is 2. The van der Waals surface area contributed by atoms with Crippen LogP contribution in [0.4, 0.5) is 5.69 Å². The SMILES string of the molecule is O=C(/C=C/c1ccc(CN2CCC(N3CCCCC3)C2)cc1)Nc1ccc(-c2ccc(Cl)cc2)cc1. The van der Waals surface area contributed by atoms with Gasteiger partial charge in [0, 0.05) is 42.5 Å². The monoisotopic (exact) mass is 499 g/mol. The first-order valence-corrected chi connectivity index (χ1v) is 13.4. The summed E-state index contributed by atoms with van der Waals surface area (Å²) in [5.41, 5.74) is 5.30. The van der Waals surface area contributed by atoms with Crippen molar-refractivity contribution >= 4 is 29.3 Å². The fourth-order valence-corrected chi connectivity index (χ4v) is 5.40. The van der Waals surface area contributed by atoms with Gasteiger partial charge in [0.15, 0.2) is 0 Å². The third kappa shape index (κ3) is 6.64. The zero-order valence-corrected chi connectivity index (χ0v) is 21.5. The molecule has 3 aromatic carbocycles. The van der Waals surface area contributed by atoms with Crippen LogP contribution in [-0.4, -0.2) is 47.9 Å². The number of nitrogens with one attached hydrogen (secondary N) is 1. The van der Waals surface area contributed by atoms with Gasteiger partial charge in [-0.1, -0.05) is 66.6 Å². The van der Waals surface area contributed by atoms with Gasteiger partial charge in [0.25, 0.3) is 0 Å². The first-order valence-electron chi connectivity index (χ1n) is 13.0. The van der Waals surface area contributed by atoms with Crippen molar-refractivity contribution in [3.8, 4) is 11.1 Å². The average Bonchev–Trinajstić information content (AvgIpc) is 3.38. The zero-order valence-electron chi connectivity index (χ0n) is 20.7. The number of halogens is 1. The van der Waals surface area contributed by atoms with Crippen LogP contribution in [0.25, 0.3) is 17.2 Å². The molecule has 0 aliphatic carbocycles. The predicted octanol–water partition coefficient (Wildman–Crippen LogP) is 6.72. The number of anilines is 1. The van der Waals surface area contributed by atoms with E-state index in [0.29, 0.717) is 0 Å².